The van der Waals surface area contributed by atoms with Crippen LogP contribution in [0.15, 0.2) is 150 Å². The van der Waals surface area contributed by atoms with Crippen LogP contribution in [0, 0.1) is 0 Å². The maximum atomic E-state index is 6.48. The van der Waals surface area contributed by atoms with Gasteiger partial charge >= 0.3 is 0 Å². The third-order valence-corrected chi connectivity index (χ3v) is 9.41. The first-order valence-corrected chi connectivity index (χ1v) is 14.9. The third kappa shape index (κ3) is 3.11. The molecular weight excluding hydrogens is 520 g/mol. The van der Waals surface area contributed by atoms with Gasteiger partial charge in [-0.3, -0.25) is 0 Å². The largest absolute Gasteiger partial charge is 0.456 e. The average Bonchev–Trinajstić information content (AvgIpc) is 3.61. The highest BCUT2D eigenvalue weighted by atomic mass is 16.3. The molecule has 0 bridgehead atoms. The Morgan fingerprint density at radius 1 is 0.302 bits per heavy atom. The Balaban J connectivity index is 1.25. The standard InChI is InChI=1S/C42H24O/c1-2-10-29-25(8-1)18-19-26-9-5-13-34(40(26)29)35-16-7-17-39-42(35)37-24-27(20-23-38(37)43-39)28-21-22-36-31-12-4-3-11-30(31)33-15-6-14-32(28)41(33)36/h1-24H. The topological polar surface area (TPSA) is 13.1 Å². The van der Waals surface area contributed by atoms with Crippen molar-refractivity contribution in [3.8, 4) is 44.5 Å². The van der Waals surface area contributed by atoms with Crippen molar-refractivity contribution in [1.29, 1.82) is 0 Å². The Hall–Kier alpha value is -5.66. The first kappa shape index (κ1) is 23.0. The van der Waals surface area contributed by atoms with E-state index in [1.165, 1.54) is 76.8 Å². The van der Waals surface area contributed by atoms with Gasteiger partial charge in [-0.1, -0.05) is 127 Å². The molecule has 1 heteroatoms. The van der Waals surface area contributed by atoms with Crippen molar-refractivity contribution in [2.75, 3.05) is 0 Å². The van der Waals surface area contributed by atoms with E-state index in [-0.39, 0.29) is 0 Å². The highest BCUT2D eigenvalue weighted by molar-refractivity contribution is 6.22. The van der Waals surface area contributed by atoms with Crippen LogP contribution in [-0.4, -0.2) is 0 Å². The normalized spacial score (nSPS) is 12.2. The van der Waals surface area contributed by atoms with Crippen LogP contribution in [0.1, 0.15) is 0 Å². The molecule has 1 heterocycles. The van der Waals surface area contributed by atoms with E-state index < -0.39 is 0 Å². The van der Waals surface area contributed by atoms with Gasteiger partial charge in [0.05, 0.1) is 0 Å². The molecule has 1 nitrogen and oxygen atoms in total. The van der Waals surface area contributed by atoms with Gasteiger partial charge in [-0.15, -0.1) is 0 Å². The number of hydrogen-bond donors (Lipinski definition) is 0. The molecule has 1 aromatic heterocycles. The number of hydrogen-bond acceptors (Lipinski definition) is 1. The maximum absolute atomic E-state index is 6.48. The van der Waals surface area contributed by atoms with E-state index in [2.05, 4.69) is 146 Å². The van der Waals surface area contributed by atoms with Gasteiger partial charge in [-0.2, -0.15) is 0 Å². The number of benzene rings is 8. The van der Waals surface area contributed by atoms with Gasteiger partial charge in [0, 0.05) is 10.8 Å². The molecule has 198 valence electrons. The molecule has 0 spiro atoms. The molecule has 0 aliphatic heterocycles. The molecule has 10 rings (SSSR count). The van der Waals surface area contributed by atoms with Crippen molar-refractivity contribution < 1.29 is 4.42 Å². The van der Waals surface area contributed by atoms with Crippen LogP contribution in [0.5, 0.6) is 0 Å². The summed E-state index contributed by atoms with van der Waals surface area (Å²) in [5.74, 6) is 0. The van der Waals surface area contributed by atoms with E-state index in [9.17, 15) is 0 Å². The molecule has 43 heavy (non-hydrogen) atoms. The molecule has 0 saturated carbocycles. The minimum atomic E-state index is 0.912. The molecule has 0 amide bonds. The second-order valence-corrected chi connectivity index (χ2v) is 11.6. The van der Waals surface area contributed by atoms with Crippen molar-refractivity contribution >= 4 is 54.3 Å². The van der Waals surface area contributed by atoms with Crippen molar-refractivity contribution in [3.05, 3.63) is 146 Å². The zero-order chi connectivity index (χ0) is 28.1. The van der Waals surface area contributed by atoms with Crippen molar-refractivity contribution in [1.82, 2.24) is 0 Å². The smallest absolute Gasteiger partial charge is 0.136 e. The predicted molar refractivity (Wildman–Crippen MR) is 182 cm³/mol. The first-order chi connectivity index (χ1) is 21.3. The molecule has 1 aliphatic carbocycles. The second kappa shape index (κ2) is 8.44. The third-order valence-electron chi connectivity index (χ3n) is 9.41. The molecule has 0 N–H and O–H groups in total. The summed E-state index contributed by atoms with van der Waals surface area (Å²) < 4.78 is 6.48. The molecule has 9 aromatic rings. The maximum Gasteiger partial charge on any atom is 0.136 e. The fraction of sp³-hybridized carbons (Fsp3) is 0. The summed E-state index contributed by atoms with van der Waals surface area (Å²) in [7, 11) is 0. The SMILES string of the molecule is c1ccc2c(c1)-c1cccc3c(-c4ccc5oc6cccc(-c7cccc8ccc9ccccc9c78)c6c5c4)ccc-2c13. The Kier molecular flexibility index (Phi) is 4.51. The summed E-state index contributed by atoms with van der Waals surface area (Å²) in [5, 5.41) is 10.0. The molecule has 0 radical (unpaired) electrons. The van der Waals surface area contributed by atoms with Crippen molar-refractivity contribution in [3.63, 3.8) is 0 Å². The number of furan rings is 1. The van der Waals surface area contributed by atoms with Crippen LogP contribution in [0.4, 0.5) is 0 Å². The van der Waals surface area contributed by atoms with Gasteiger partial charge in [0.1, 0.15) is 11.2 Å². The van der Waals surface area contributed by atoms with Gasteiger partial charge in [-0.25, -0.2) is 0 Å². The number of rotatable bonds is 2. The van der Waals surface area contributed by atoms with Gasteiger partial charge < -0.3 is 4.42 Å². The lowest BCUT2D eigenvalue weighted by Gasteiger charge is -2.12. The summed E-state index contributed by atoms with van der Waals surface area (Å²) in [6.45, 7) is 0. The number of fused-ring (bicyclic) bond motifs is 9. The van der Waals surface area contributed by atoms with Crippen molar-refractivity contribution in [2.45, 2.75) is 0 Å². The summed E-state index contributed by atoms with van der Waals surface area (Å²) in [4.78, 5) is 0. The minimum Gasteiger partial charge on any atom is -0.456 e. The fourth-order valence-corrected chi connectivity index (χ4v) is 7.56. The van der Waals surface area contributed by atoms with E-state index in [1.807, 2.05) is 0 Å². The monoisotopic (exact) mass is 544 g/mol. The van der Waals surface area contributed by atoms with Gasteiger partial charge in [-0.05, 0) is 95.0 Å². The van der Waals surface area contributed by atoms with E-state index in [1.54, 1.807) is 0 Å². The Morgan fingerprint density at radius 3 is 1.79 bits per heavy atom. The highest BCUT2D eigenvalue weighted by Gasteiger charge is 2.23. The molecule has 0 atom stereocenters. The van der Waals surface area contributed by atoms with E-state index in [0.29, 0.717) is 0 Å². The Labute approximate surface area is 248 Å². The van der Waals surface area contributed by atoms with Crippen LogP contribution in [0.2, 0.25) is 0 Å². The first-order valence-electron chi connectivity index (χ1n) is 14.9. The van der Waals surface area contributed by atoms with Gasteiger partial charge in [0.25, 0.3) is 0 Å². The average molecular weight is 545 g/mol. The molecular formula is C42H24O. The zero-order valence-electron chi connectivity index (χ0n) is 23.3. The van der Waals surface area contributed by atoms with Crippen LogP contribution >= 0.6 is 0 Å². The fourth-order valence-electron chi connectivity index (χ4n) is 7.56. The van der Waals surface area contributed by atoms with Gasteiger partial charge in [0.15, 0.2) is 0 Å². The quantitative estimate of drug-likeness (QED) is 0.197. The summed E-state index contributed by atoms with van der Waals surface area (Å²) in [6.07, 6.45) is 0. The molecule has 1 aliphatic rings. The lowest BCUT2D eigenvalue weighted by atomic mass is 9.90. The van der Waals surface area contributed by atoms with Crippen LogP contribution in [-0.2, 0) is 0 Å². The lowest BCUT2D eigenvalue weighted by Crippen LogP contribution is -1.86. The summed E-state index contributed by atoms with van der Waals surface area (Å²) >= 11 is 0. The van der Waals surface area contributed by atoms with E-state index >= 15 is 0 Å². The van der Waals surface area contributed by atoms with Crippen LogP contribution < -0.4 is 0 Å². The Bertz CT molecular complexity index is 2590. The molecule has 8 aromatic carbocycles. The lowest BCUT2D eigenvalue weighted by molar-refractivity contribution is 0.669. The minimum absolute atomic E-state index is 0.912. The van der Waals surface area contributed by atoms with E-state index in [4.69, 9.17) is 4.42 Å². The highest BCUT2D eigenvalue weighted by Crippen LogP contribution is 2.50. The zero-order valence-corrected chi connectivity index (χ0v) is 23.3. The molecule has 0 unspecified atom stereocenters. The van der Waals surface area contributed by atoms with Crippen LogP contribution in [0.25, 0.3) is 98.8 Å². The predicted octanol–water partition coefficient (Wildman–Crippen LogP) is 12.0. The molecule has 0 fully saturated rings. The summed E-state index contributed by atoms with van der Waals surface area (Å²) in [5.41, 5.74) is 12.0. The summed E-state index contributed by atoms with van der Waals surface area (Å²) in [6, 6.07) is 53.0. The second-order valence-electron chi connectivity index (χ2n) is 11.6. The van der Waals surface area contributed by atoms with Crippen molar-refractivity contribution in [2.24, 2.45) is 0 Å². The van der Waals surface area contributed by atoms with Crippen LogP contribution in [0.3, 0.4) is 0 Å². The van der Waals surface area contributed by atoms with Gasteiger partial charge in [0.2, 0.25) is 0 Å². The van der Waals surface area contributed by atoms with E-state index in [0.717, 1.165) is 21.9 Å². The molecule has 0 saturated heterocycles. The Morgan fingerprint density at radius 2 is 0.907 bits per heavy atom.